The van der Waals surface area contributed by atoms with Crippen molar-refractivity contribution < 1.29 is 18.7 Å². The van der Waals surface area contributed by atoms with E-state index in [0.717, 1.165) is 11.1 Å². The average molecular weight is 441 g/mol. The van der Waals surface area contributed by atoms with E-state index in [9.17, 15) is 4.79 Å². The second-order valence-electron chi connectivity index (χ2n) is 6.82. The number of aryl methyl sites for hydroxylation is 1. The number of halogens is 2. The Bertz CT molecular complexity index is 1260. The molecule has 4 rings (SSSR count). The summed E-state index contributed by atoms with van der Waals surface area (Å²) < 4.78 is 25.8. The van der Waals surface area contributed by atoms with Crippen LogP contribution in [0.25, 0.3) is 11.0 Å². The number of anilines is 1. The first-order valence-electron chi connectivity index (χ1n) is 9.32. The maximum atomic E-state index is 15.1. The molecule has 0 radical (unpaired) electrons. The molecular formula is C22H18ClFN4O3. The highest BCUT2D eigenvalue weighted by Crippen LogP contribution is 2.29. The first-order valence-corrected chi connectivity index (χ1v) is 9.70. The number of carbonyl (C=O) groups excluding carboxylic acids is 1. The zero-order valence-corrected chi connectivity index (χ0v) is 17.5. The van der Waals surface area contributed by atoms with Crippen LogP contribution in [-0.4, -0.2) is 28.2 Å². The number of methoxy groups -OCH3 is 1. The van der Waals surface area contributed by atoms with Crippen molar-refractivity contribution in [2.24, 2.45) is 0 Å². The molecule has 4 aromatic rings. The number of fused-ring (bicyclic) bond motifs is 1. The lowest BCUT2D eigenvalue weighted by Crippen LogP contribution is -2.15. The van der Waals surface area contributed by atoms with Crippen LogP contribution >= 0.6 is 11.6 Å². The van der Waals surface area contributed by atoms with Gasteiger partial charge in [0.25, 0.3) is 5.91 Å². The summed E-state index contributed by atoms with van der Waals surface area (Å²) in [5.74, 6) is -1.31. The molecule has 0 saturated carbocycles. The Balaban J connectivity index is 1.56. The number of rotatable bonds is 6. The second-order valence-corrected chi connectivity index (χ2v) is 7.22. The number of aromatic nitrogens is 3. The molecule has 0 unspecified atom stereocenters. The molecule has 0 fully saturated rings. The van der Waals surface area contributed by atoms with E-state index in [1.54, 1.807) is 6.07 Å². The van der Waals surface area contributed by atoms with E-state index in [1.165, 1.54) is 25.4 Å². The van der Waals surface area contributed by atoms with Gasteiger partial charge in [-0.1, -0.05) is 41.4 Å². The van der Waals surface area contributed by atoms with Gasteiger partial charge in [-0.2, -0.15) is 0 Å². The molecule has 9 heteroatoms. The highest BCUT2D eigenvalue weighted by Gasteiger charge is 2.21. The standard InChI is InChI=1S/C22H18ClFN4O3/c1-12-3-5-13(6-4-12)11-31-17-8-7-16(23)18(19(17)24)21(29)26-14-9-15-20(25-10-14)27-28-22(15)30-2/h3-10H,11H2,1-2H3,(H,26,29)(H,25,27,28). The van der Waals surface area contributed by atoms with Gasteiger partial charge in [0, 0.05) is 0 Å². The van der Waals surface area contributed by atoms with Crippen LogP contribution in [-0.2, 0) is 6.61 Å². The van der Waals surface area contributed by atoms with Gasteiger partial charge in [0.05, 0.1) is 35.0 Å². The third kappa shape index (κ3) is 4.29. The minimum absolute atomic E-state index is 0.0346. The van der Waals surface area contributed by atoms with Crippen molar-refractivity contribution in [3.05, 3.63) is 76.2 Å². The number of carbonyl (C=O) groups is 1. The number of amides is 1. The SMILES string of the molecule is COc1n[nH]c2ncc(NC(=O)c3c(Cl)ccc(OCc4ccc(C)cc4)c3F)cc12. The van der Waals surface area contributed by atoms with Crippen LogP contribution in [0.5, 0.6) is 11.6 Å². The Morgan fingerprint density at radius 3 is 2.74 bits per heavy atom. The Kier molecular flexibility index (Phi) is 5.73. The van der Waals surface area contributed by atoms with Crippen molar-refractivity contribution in [3.63, 3.8) is 0 Å². The van der Waals surface area contributed by atoms with Gasteiger partial charge in [-0.25, -0.2) is 9.37 Å². The number of aromatic amines is 1. The maximum absolute atomic E-state index is 15.1. The summed E-state index contributed by atoms with van der Waals surface area (Å²) in [5, 5.41) is 9.81. The normalized spacial score (nSPS) is 10.8. The lowest BCUT2D eigenvalue weighted by Gasteiger charge is -2.12. The number of ether oxygens (including phenoxy) is 2. The third-order valence-electron chi connectivity index (χ3n) is 4.63. The van der Waals surface area contributed by atoms with E-state index in [2.05, 4.69) is 20.5 Å². The summed E-state index contributed by atoms with van der Waals surface area (Å²) >= 11 is 6.12. The molecule has 0 aliphatic heterocycles. The molecule has 0 bridgehead atoms. The molecular weight excluding hydrogens is 423 g/mol. The zero-order valence-electron chi connectivity index (χ0n) is 16.7. The molecule has 2 N–H and O–H groups in total. The Hall–Kier alpha value is -3.65. The predicted octanol–water partition coefficient (Wildman–Crippen LogP) is 4.90. The van der Waals surface area contributed by atoms with E-state index in [0.29, 0.717) is 22.6 Å². The van der Waals surface area contributed by atoms with Gasteiger partial charge in [0.15, 0.2) is 17.2 Å². The molecule has 0 aliphatic carbocycles. The number of H-pyrrole nitrogens is 1. The number of hydrogen-bond donors (Lipinski definition) is 2. The molecule has 2 aromatic heterocycles. The van der Waals surface area contributed by atoms with Crippen LogP contribution < -0.4 is 14.8 Å². The van der Waals surface area contributed by atoms with Gasteiger partial charge in [-0.05, 0) is 30.7 Å². The second kappa shape index (κ2) is 8.61. The maximum Gasteiger partial charge on any atom is 0.260 e. The predicted molar refractivity (Wildman–Crippen MR) is 115 cm³/mol. The Morgan fingerprint density at radius 2 is 2.00 bits per heavy atom. The average Bonchev–Trinajstić information content (AvgIpc) is 3.17. The van der Waals surface area contributed by atoms with Gasteiger partial charge < -0.3 is 14.8 Å². The smallest absolute Gasteiger partial charge is 0.260 e. The fourth-order valence-corrected chi connectivity index (χ4v) is 3.23. The van der Waals surface area contributed by atoms with Gasteiger partial charge in [-0.15, -0.1) is 5.10 Å². The molecule has 7 nitrogen and oxygen atoms in total. The third-order valence-corrected chi connectivity index (χ3v) is 4.95. The van der Waals surface area contributed by atoms with Crippen molar-refractivity contribution in [3.8, 4) is 11.6 Å². The fourth-order valence-electron chi connectivity index (χ4n) is 3.00. The van der Waals surface area contributed by atoms with Crippen LogP contribution in [0.15, 0.2) is 48.7 Å². The van der Waals surface area contributed by atoms with Gasteiger partial charge in [0.1, 0.15) is 6.61 Å². The molecule has 2 aromatic carbocycles. The lowest BCUT2D eigenvalue weighted by atomic mass is 10.1. The molecule has 158 valence electrons. The van der Waals surface area contributed by atoms with E-state index >= 15 is 4.39 Å². The van der Waals surface area contributed by atoms with Crippen molar-refractivity contribution in [2.75, 3.05) is 12.4 Å². The minimum Gasteiger partial charge on any atom is -0.486 e. The summed E-state index contributed by atoms with van der Waals surface area (Å²) in [4.78, 5) is 16.9. The summed E-state index contributed by atoms with van der Waals surface area (Å²) in [6.45, 7) is 2.13. The van der Waals surface area contributed by atoms with E-state index in [-0.39, 0.29) is 22.9 Å². The number of benzene rings is 2. The first kappa shape index (κ1) is 20.6. The van der Waals surface area contributed by atoms with Crippen LogP contribution in [0.1, 0.15) is 21.5 Å². The monoisotopic (exact) mass is 440 g/mol. The molecule has 2 heterocycles. The number of nitrogens with one attached hydrogen (secondary N) is 2. The molecule has 0 spiro atoms. The van der Waals surface area contributed by atoms with Crippen LogP contribution in [0, 0.1) is 12.7 Å². The Morgan fingerprint density at radius 1 is 1.23 bits per heavy atom. The molecule has 31 heavy (non-hydrogen) atoms. The summed E-state index contributed by atoms with van der Waals surface area (Å²) in [5.41, 5.74) is 2.49. The summed E-state index contributed by atoms with van der Waals surface area (Å²) in [6, 6.07) is 12.1. The highest BCUT2D eigenvalue weighted by atomic mass is 35.5. The summed E-state index contributed by atoms with van der Waals surface area (Å²) in [6.07, 6.45) is 1.42. The molecule has 0 saturated heterocycles. The van der Waals surface area contributed by atoms with Crippen molar-refractivity contribution >= 4 is 34.2 Å². The topological polar surface area (TPSA) is 89.1 Å². The Labute approximate surface area is 182 Å². The van der Waals surface area contributed by atoms with Crippen molar-refractivity contribution in [2.45, 2.75) is 13.5 Å². The molecule has 0 atom stereocenters. The van der Waals surface area contributed by atoms with E-state index in [4.69, 9.17) is 21.1 Å². The van der Waals surface area contributed by atoms with Crippen LogP contribution in [0.4, 0.5) is 10.1 Å². The zero-order chi connectivity index (χ0) is 22.0. The summed E-state index contributed by atoms with van der Waals surface area (Å²) in [7, 11) is 1.47. The molecule has 1 amide bonds. The quantitative estimate of drug-likeness (QED) is 0.445. The first-order chi connectivity index (χ1) is 15.0. The fraction of sp³-hybridized carbons (Fsp3) is 0.136. The van der Waals surface area contributed by atoms with E-state index in [1.807, 2.05) is 31.2 Å². The molecule has 0 aliphatic rings. The van der Waals surface area contributed by atoms with E-state index < -0.39 is 11.7 Å². The number of nitrogens with zero attached hydrogens (tertiary/aromatic N) is 2. The van der Waals surface area contributed by atoms with Gasteiger partial charge >= 0.3 is 0 Å². The van der Waals surface area contributed by atoms with Crippen molar-refractivity contribution in [1.82, 2.24) is 15.2 Å². The van der Waals surface area contributed by atoms with Gasteiger partial charge in [-0.3, -0.25) is 9.89 Å². The number of hydrogen-bond acceptors (Lipinski definition) is 5. The van der Waals surface area contributed by atoms with Gasteiger partial charge in [0.2, 0.25) is 5.88 Å². The largest absolute Gasteiger partial charge is 0.486 e. The number of pyridine rings is 1. The van der Waals surface area contributed by atoms with Crippen molar-refractivity contribution in [1.29, 1.82) is 0 Å². The minimum atomic E-state index is -0.841. The lowest BCUT2D eigenvalue weighted by molar-refractivity contribution is 0.102. The highest BCUT2D eigenvalue weighted by molar-refractivity contribution is 6.34. The van der Waals surface area contributed by atoms with Crippen LogP contribution in [0.3, 0.4) is 0 Å². The van der Waals surface area contributed by atoms with Crippen LogP contribution in [0.2, 0.25) is 5.02 Å².